The third-order valence-electron chi connectivity index (χ3n) is 7.02. The summed E-state index contributed by atoms with van der Waals surface area (Å²) in [7, 11) is 0. The van der Waals surface area contributed by atoms with Gasteiger partial charge in [0.05, 0.1) is 12.5 Å². The summed E-state index contributed by atoms with van der Waals surface area (Å²) in [5.41, 5.74) is 1.78. The second kappa shape index (κ2) is 18.6. The minimum atomic E-state index is -0.478. The lowest BCUT2D eigenvalue weighted by molar-refractivity contribution is -0.118. The lowest BCUT2D eigenvalue weighted by atomic mass is 10.1. The van der Waals surface area contributed by atoms with Gasteiger partial charge in [-0.1, -0.05) is 102 Å². The zero-order valence-electron chi connectivity index (χ0n) is 24.4. The molecular formula is C33H47FN2O3S. The first-order valence-corrected chi connectivity index (χ1v) is 16.0. The number of nitrogens with one attached hydrogen (secondary N) is 1. The van der Waals surface area contributed by atoms with Gasteiger partial charge < -0.3 is 19.7 Å². The van der Waals surface area contributed by atoms with Gasteiger partial charge in [-0.05, 0) is 42.0 Å². The van der Waals surface area contributed by atoms with Crippen molar-refractivity contribution in [2.24, 2.45) is 0 Å². The Morgan fingerprint density at radius 3 is 2.25 bits per heavy atom. The van der Waals surface area contributed by atoms with E-state index in [0.717, 1.165) is 30.0 Å². The molecule has 1 heterocycles. The van der Waals surface area contributed by atoms with E-state index < -0.39 is 5.82 Å². The molecule has 7 heteroatoms. The zero-order valence-corrected chi connectivity index (χ0v) is 25.2. The molecule has 0 atom stereocenters. The Morgan fingerprint density at radius 1 is 0.900 bits per heavy atom. The number of hydrogen-bond donors (Lipinski definition) is 1. The number of benzene rings is 2. The summed E-state index contributed by atoms with van der Waals surface area (Å²) in [6.45, 7) is 5.26. The third kappa shape index (κ3) is 11.8. The summed E-state index contributed by atoms with van der Waals surface area (Å²) in [4.78, 5) is 16.2. The van der Waals surface area contributed by atoms with Crippen molar-refractivity contribution >= 4 is 23.4 Å². The minimum absolute atomic E-state index is 0.0764. The smallest absolute Gasteiger partial charge is 0.262 e. The molecule has 40 heavy (non-hydrogen) atoms. The van der Waals surface area contributed by atoms with Gasteiger partial charge in [0.1, 0.15) is 0 Å². The molecule has 3 rings (SSSR count). The first-order chi connectivity index (χ1) is 19.6. The molecule has 220 valence electrons. The van der Waals surface area contributed by atoms with Crippen LogP contribution in [0.15, 0.2) is 53.6 Å². The lowest BCUT2D eigenvalue weighted by Gasteiger charge is -2.18. The quantitative estimate of drug-likeness (QED) is 0.161. The predicted molar refractivity (Wildman–Crippen MR) is 165 cm³/mol. The molecule has 0 aliphatic carbocycles. The van der Waals surface area contributed by atoms with E-state index in [1.807, 2.05) is 24.3 Å². The van der Waals surface area contributed by atoms with Gasteiger partial charge in [0.2, 0.25) is 0 Å². The van der Waals surface area contributed by atoms with Crippen molar-refractivity contribution in [1.29, 1.82) is 0 Å². The largest absolute Gasteiger partial charge is 0.487 e. The van der Waals surface area contributed by atoms with Gasteiger partial charge in [-0.2, -0.15) is 0 Å². The first-order valence-electron chi connectivity index (χ1n) is 15.0. The van der Waals surface area contributed by atoms with Crippen molar-refractivity contribution in [3.8, 4) is 11.5 Å². The number of rotatable bonds is 20. The standard InChI is InChI=1S/C33H47FN2O3S/c1-3-4-5-6-7-8-9-10-11-12-13-16-22-38-33-29(34)19-17-21-31(33)39-25-32(37)35-30-20-15-14-18-28(30)24-36-23-27(2)40-26-36/h14-15,17-21,23H,3-13,16,22,24-26H2,1-2H3,(H,35,37). The Morgan fingerprint density at radius 2 is 1.57 bits per heavy atom. The molecule has 5 nitrogen and oxygen atoms in total. The van der Waals surface area contributed by atoms with Crippen LogP contribution in [0.5, 0.6) is 11.5 Å². The number of ether oxygens (including phenoxy) is 2. The van der Waals surface area contributed by atoms with Crippen LogP contribution in [0.1, 0.15) is 96.5 Å². The average Bonchev–Trinajstić information content (AvgIpc) is 3.36. The number of hydrogen-bond acceptors (Lipinski definition) is 5. The number of anilines is 1. The van der Waals surface area contributed by atoms with Crippen LogP contribution in [0, 0.1) is 5.82 Å². The van der Waals surface area contributed by atoms with E-state index >= 15 is 0 Å². The zero-order chi connectivity index (χ0) is 28.4. The van der Waals surface area contributed by atoms with Crippen molar-refractivity contribution in [1.82, 2.24) is 4.90 Å². The summed E-state index contributed by atoms with van der Waals surface area (Å²) >= 11 is 1.80. The summed E-state index contributed by atoms with van der Waals surface area (Å²) in [5.74, 6) is 0.448. The van der Waals surface area contributed by atoms with Crippen molar-refractivity contribution in [2.45, 2.75) is 97.4 Å². The Labute approximate surface area is 244 Å². The monoisotopic (exact) mass is 570 g/mol. The van der Waals surface area contributed by atoms with Crippen LogP contribution in [0.3, 0.4) is 0 Å². The second-order valence-corrected chi connectivity index (χ2v) is 11.7. The molecule has 0 fully saturated rings. The van der Waals surface area contributed by atoms with E-state index in [1.165, 1.54) is 75.2 Å². The maximum Gasteiger partial charge on any atom is 0.262 e. The van der Waals surface area contributed by atoms with E-state index in [0.29, 0.717) is 13.2 Å². The summed E-state index contributed by atoms with van der Waals surface area (Å²) in [5, 5.41) is 2.94. The minimum Gasteiger partial charge on any atom is -0.487 e. The van der Waals surface area contributed by atoms with Crippen LogP contribution in [0.4, 0.5) is 10.1 Å². The fourth-order valence-electron chi connectivity index (χ4n) is 4.80. The Hall–Kier alpha value is -2.67. The van der Waals surface area contributed by atoms with Crippen LogP contribution < -0.4 is 14.8 Å². The Balaban J connectivity index is 1.35. The molecule has 0 aromatic heterocycles. The van der Waals surface area contributed by atoms with Gasteiger partial charge in [-0.3, -0.25) is 4.79 Å². The van der Waals surface area contributed by atoms with Crippen LogP contribution in [0.2, 0.25) is 0 Å². The summed E-state index contributed by atoms with van der Waals surface area (Å²) in [6, 6.07) is 12.3. The number of para-hydroxylation sites is 2. The van der Waals surface area contributed by atoms with Crippen LogP contribution in [0.25, 0.3) is 0 Å². The number of halogens is 1. The number of nitrogens with zero attached hydrogens (tertiary/aromatic N) is 1. The van der Waals surface area contributed by atoms with E-state index in [1.54, 1.807) is 23.9 Å². The van der Waals surface area contributed by atoms with Crippen LogP contribution in [-0.2, 0) is 11.3 Å². The van der Waals surface area contributed by atoms with Gasteiger partial charge in [0.15, 0.2) is 23.9 Å². The molecule has 1 amide bonds. The highest BCUT2D eigenvalue weighted by atomic mass is 32.2. The maximum absolute atomic E-state index is 14.5. The van der Waals surface area contributed by atoms with Crippen LogP contribution >= 0.6 is 11.8 Å². The molecule has 0 radical (unpaired) electrons. The molecular weight excluding hydrogens is 523 g/mol. The average molecular weight is 571 g/mol. The highest BCUT2D eigenvalue weighted by Crippen LogP contribution is 2.31. The maximum atomic E-state index is 14.5. The second-order valence-electron chi connectivity index (χ2n) is 10.6. The molecule has 0 saturated heterocycles. The molecule has 2 aromatic rings. The highest BCUT2D eigenvalue weighted by Gasteiger charge is 2.15. The van der Waals surface area contributed by atoms with Gasteiger partial charge in [0.25, 0.3) is 5.91 Å². The van der Waals surface area contributed by atoms with Crippen molar-refractivity contribution < 1.29 is 18.7 Å². The fraction of sp³-hybridized carbons (Fsp3) is 0.545. The molecule has 0 spiro atoms. The lowest BCUT2D eigenvalue weighted by Crippen LogP contribution is -2.22. The first kappa shape index (κ1) is 31.9. The molecule has 1 aliphatic heterocycles. The number of thioether (sulfide) groups is 1. The Bertz CT molecular complexity index is 1060. The number of carbonyl (C=O) groups excluding carboxylic acids is 1. The molecule has 1 aliphatic rings. The molecule has 0 saturated carbocycles. The molecule has 2 aromatic carbocycles. The topological polar surface area (TPSA) is 50.8 Å². The van der Waals surface area contributed by atoms with Crippen molar-refractivity contribution in [3.05, 3.63) is 65.0 Å². The van der Waals surface area contributed by atoms with E-state index in [9.17, 15) is 9.18 Å². The van der Waals surface area contributed by atoms with E-state index in [2.05, 4.69) is 30.3 Å². The molecule has 0 unspecified atom stereocenters. The summed E-state index contributed by atoms with van der Waals surface area (Å²) in [6.07, 6.45) is 17.2. The number of unbranched alkanes of at least 4 members (excludes halogenated alkanes) is 11. The normalized spacial score (nSPS) is 12.9. The van der Waals surface area contributed by atoms with Crippen LogP contribution in [-0.4, -0.2) is 29.9 Å². The highest BCUT2D eigenvalue weighted by molar-refractivity contribution is 8.03. The van der Waals surface area contributed by atoms with Gasteiger partial charge in [-0.15, -0.1) is 11.8 Å². The Kier molecular flexibility index (Phi) is 14.8. The molecule has 0 bridgehead atoms. The van der Waals surface area contributed by atoms with Crippen molar-refractivity contribution in [3.63, 3.8) is 0 Å². The SMILES string of the molecule is CCCCCCCCCCCCCCOc1c(F)cccc1OCC(=O)Nc1ccccc1CN1C=C(C)SC1. The number of carbonyl (C=O) groups is 1. The van der Waals surface area contributed by atoms with Gasteiger partial charge >= 0.3 is 0 Å². The summed E-state index contributed by atoms with van der Waals surface area (Å²) < 4.78 is 26.0. The molecule has 1 N–H and O–H groups in total. The predicted octanol–water partition coefficient (Wildman–Crippen LogP) is 9.29. The van der Waals surface area contributed by atoms with E-state index in [4.69, 9.17) is 9.47 Å². The van der Waals surface area contributed by atoms with Crippen molar-refractivity contribution in [2.75, 3.05) is 24.4 Å². The number of amides is 1. The third-order valence-corrected chi connectivity index (χ3v) is 8.04. The number of allylic oxidation sites excluding steroid dienone is 1. The fourth-order valence-corrected chi connectivity index (χ4v) is 5.56. The van der Waals surface area contributed by atoms with Gasteiger partial charge in [0, 0.05) is 18.4 Å². The van der Waals surface area contributed by atoms with Gasteiger partial charge in [-0.25, -0.2) is 4.39 Å². The van der Waals surface area contributed by atoms with E-state index in [-0.39, 0.29) is 24.0 Å².